The van der Waals surface area contributed by atoms with Crippen LogP contribution in [0.5, 0.6) is 0 Å². The number of aromatic nitrogens is 3. The number of nitrogens with zero attached hydrogens (tertiary/aromatic N) is 3. The van der Waals surface area contributed by atoms with Crippen LogP contribution in [0.2, 0.25) is 0 Å². The Kier molecular flexibility index (Phi) is 2.64. The van der Waals surface area contributed by atoms with E-state index in [2.05, 4.69) is 28.3 Å². The average Bonchev–Trinajstić information content (AvgIpc) is 2.92. The molecule has 3 heteroatoms. The van der Waals surface area contributed by atoms with Crippen molar-refractivity contribution in [3.8, 4) is 0 Å². The van der Waals surface area contributed by atoms with Gasteiger partial charge < -0.3 is 0 Å². The smallest absolute Gasteiger partial charge is 0.137 e. The molecule has 0 fully saturated rings. The van der Waals surface area contributed by atoms with Gasteiger partial charge in [-0.1, -0.05) is 18.2 Å². The summed E-state index contributed by atoms with van der Waals surface area (Å²) in [5.41, 5.74) is 4.91. The molecule has 0 bridgehead atoms. The molecule has 98 valence electrons. The highest BCUT2D eigenvalue weighted by Gasteiger charge is 2.30. The van der Waals surface area contributed by atoms with Crippen LogP contribution in [0.25, 0.3) is 0 Å². The van der Waals surface area contributed by atoms with Gasteiger partial charge in [0.25, 0.3) is 0 Å². The molecule has 1 aromatic heterocycles. The average molecular weight is 253 g/mol. The maximum atomic E-state index is 4.25. The lowest BCUT2D eigenvalue weighted by Crippen LogP contribution is -2.26. The second kappa shape index (κ2) is 4.48. The summed E-state index contributed by atoms with van der Waals surface area (Å²) in [5, 5.41) is 4.25. The summed E-state index contributed by atoms with van der Waals surface area (Å²) in [6.07, 6.45) is 10.0. The minimum absolute atomic E-state index is 0.715. The zero-order valence-corrected chi connectivity index (χ0v) is 11.1. The third-order valence-electron chi connectivity index (χ3n) is 4.73. The monoisotopic (exact) mass is 253 g/mol. The molecular weight excluding hydrogens is 234 g/mol. The normalized spacial score (nSPS) is 25.1. The fourth-order valence-electron chi connectivity index (χ4n) is 4.03. The lowest BCUT2D eigenvalue weighted by molar-refractivity contribution is 0.322. The fourth-order valence-corrected chi connectivity index (χ4v) is 4.03. The Balaban J connectivity index is 1.63. The lowest BCUT2D eigenvalue weighted by atomic mass is 9.70. The molecule has 0 radical (unpaired) electrons. The SMILES string of the molecule is c1cc2c3c(c1)C[C@@H](Cn1cncn1)C[C@H]3CCC2. The summed E-state index contributed by atoms with van der Waals surface area (Å²) >= 11 is 0. The predicted octanol–water partition coefficient (Wildman–Crippen LogP) is 2.96. The van der Waals surface area contributed by atoms with Crippen LogP contribution in [0.15, 0.2) is 30.9 Å². The van der Waals surface area contributed by atoms with Crippen LogP contribution < -0.4 is 0 Å². The van der Waals surface area contributed by atoms with E-state index in [-0.39, 0.29) is 0 Å². The van der Waals surface area contributed by atoms with Crippen LogP contribution in [0.3, 0.4) is 0 Å². The molecule has 1 heterocycles. The summed E-state index contributed by atoms with van der Waals surface area (Å²) in [5.74, 6) is 1.51. The first-order valence-electron chi connectivity index (χ1n) is 7.33. The quantitative estimate of drug-likeness (QED) is 0.824. The molecule has 3 nitrogen and oxygen atoms in total. The number of rotatable bonds is 2. The summed E-state index contributed by atoms with van der Waals surface area (Å²) < 4.78 is 1.99. The Morgan fingerprint density at radius 3 is 3.11 bits per heavy atom. The second-order valence-electron chi connectivity index (χ2n) is 6.00. The van der Waals surface area contributed by atoms with Gasteiger partial charge in [0.2, 0.25) is 0 Å². The minimum Gasteiger partial charge on any atom is -0.253 e. The van der Waals surface area contributed by atoms with E-state index in [0.29, 0.717) is 5.92 Å². The molecule has 0 unspecified atom stereocenters. The Hall–Kier alpha value is -1.64. The maximum Gasteiger partial charge on any atom is 0.137 e. The summed E-state index contributed by atoms with van der Waals surface area (Å²) in [4.78, 5) is 4.05. The van der Waals surface area contributed by atoms with E-state index < -0.39 is 0 Å². The van der Waals surface area contributed by atoms with Gasteiger partial charge in [0, 0.05) is 6.54 Å². The molecule has 0 aliphatic heterocycles. The van der Waals surface area contributed by atoms with Gasteiger partial charge in [0.05, 0.1) is 0 Å². The largest absolute Gasteiger partial charge is 0.253 e. The highest BCUT2D eigenvalue weighted by Crippen LogP contribution is 2.43. The standard InChI is InChI=1S/C16H19N3/c1-3-13-4-2-6-15-8-12(7-14(5-1)16(13)15)9-19-11-17-10-18-19/h1,3,5,10-12,15H,2,4,6-9H2/t12-,15-/m1/s1. The van der Waals surface area contributed by atoms with E-state index in [1.54, 1.807) is 23.0 Å². The van der Waals surface area contributed by atoms with Gasteiger partial charge in [-0.3, -0.25) is 4.68 Å². The van der Waals surface area contributed by atoms with Crippen molar-refractivity contribution >= 4 is 0 Å². The van der Waals surface area contributed by atoms with Crippen molar-refractivity contribution in [2.45, 2.75) is 44.6 Å². The molecule has 2 atom stereocenters. The highest BCUT2D eigenvalue weighted by molar-refractivity contribution is 5.41. The molecule has 19 heavy (non-hydrogen) atoms. The molecule has 1 aromatic carbocycles. The molecule has 0 saturated carbocycles. The predicted molar refractivity (Wildman–Crippen MR) is 74.0 cm³/mol. The third-order valence-corrected chi connectivity index (χ3v) is 4.73. The van der Waals surface area contributed by atoms with Crippen LogP contribution in [0.1, 0.15) is 41.9 Å². The number of hydrogen-bond donors (Lipinski definition) is 0. The van der Waals surface area contributed by atoms with E-state index in [4.69, 9.17) is 0 Å². The first-order valence-corrected chi connectivity index (χ1v) is 7.33. The van der Waals surface area contributed by atoms with Gasteiger partial charge in [0.15, 0.2) is 0 Å². The van der Waals surface area contributed by atoms with E-state index in [1.165, 1.54) is 32.1 Å². The van der Waals surface area contributed by atoms with E-state index >= 15 is 0 Å². The van der Waals surface area contributed by atoms with Crippen LogP contribution in [0.4, 0.5) is 0 Å². The maximum absolute atomic E-state index is 4.25. The molecule has 0 saturated heterocycles. The van der Waals surface area contributed by atoms with E-state index in [0.717, 1.165) is 12.5 Å². The Bertz CT molecular complexity index is 574. The van der Waals surface area contributed by atoms with Crippen LogP contribution in [-0.4, -0.2) is 14.8 Å². The van der Waals surface area contributed by atoms with Crippen LogP contribution in [0, 0.1) is 5.92 Å². The molecule has 4 rings (SSSR count). The molecule has 2 aliphatic carbocycles. The van der Waals surface area contributed by atoms with Crippen molar-refractivity contribution < 1.29 is 0 Å². The fraction of sp³-hybridized carbons (Fsp3) is 0.500. The summed E-state index contributed by atoms with van der Waals surface area (Å²) in [7, 11) is 0. The van der Waals surface area contributed by atoms with Gasteiger partial charge in [0.1, 0.15) is 12.7 Å². The van der Waals surface area contributed by atoms with Crippen molar-refractivity contribution in [1.82, 2.24) is 14.8 Å². The topological polar surface area (TPSA) is 30.7 Å². The molecular formula is C16H19N3. The number of benzene rings is 1. The van der Waals surface area contributed by atoms with Crippen molar-refractivity contribution in [3.63, 3.8) is 0 Å². The van der Waals surface area contributed by atoms with E-state index in [1.807, 2.05) is 11.0 Å². The zero-order chi connectivity index (χ0) is 12.7. The van der Waals surface area contributed by atoms with Crippen LogP contribution in [-0.2, 0) is 19.4 Å². The summed E-state index contributed by atoms with van der Waals surface area (Å²) in [6.45, 7) is 1.01. The molecule has 2 aliphatic rings. The van der Waals surface area contributed by atoms with Gasteiger partial charge in [-0.2, -0.15) is 5.10 Å². The molecule has 0 spiro atoms. The highest BCUT2D eigenvalue weighted by atomic mass is 15.3. The molecule has 0 N–H and O–H groups in total. The first kappa shape index (κ1) is 11.2. The molecule has 2 aromatic rings. The van der Waals surface area contributed by atoms with Gasteiger partial charge in [-0.15, -0.1) is 0 Å². The molecule has 0 amide bonds. The van der Waals surface area contributed by atoms with Crippen molar-refractivity contribution in [2.24, 2.45) is 5.92 Å². The number of aryl methyl sites for hydroxylation is 1. The lowest BCUT2D eigenvalue weighted by Gasteiger charge is -2.36. The van der Waals surface area contributed by atoms with E-state index in [9.17, 15) is 0 Å². The van der Waals surface area contributed by atoms with Crippen LogP contribution >= 0.6 is 0 Å². The zero-order valence-electron chi connectivity index (χ0n) is 11.1. The summed E-state index contributed by atoms with van der Waals surface area (Å²) in [6, 6.07) is 6.92. The van der Waals surface area contributed by atoms with Gasteiger partial charge >= 0.3 is 0 Å². The Morgan fingerprint density at radius 2 is 2.21 bits per heavy atom. The van der Waals surface area contributed by atoms with Gasteiger partial charge in [-0.25, -0.2) is 4.98 Å². The van der Waals surface area contributed by atoms with Crippen molar-refractivity contribution in [1.29, 1.82) is 0 Å². The Labute approximate surface area is 113 Å². The Morgan fingerprint density at radius 1 is 1.26 bits per heavy atom. The number of hydrogen-bond acceptors (Lipinski definition) is 2. The van der Waals surface area contributed by atoms with Gasteiger partial charge in [-0.05, 0) is 60.6 Å². The first-order chi connectivity index (χ1) is 9.40. The third kappa shape index (κ3) is 1.97. The van der Waals surface area contributed by atoms with Crippen molar-refractivity contribution in [3.05, 3.63) is 47.5 Å². The van der Waals surface area contributed by atoms with Crippen molar-refractivity contribution in [2.75, 3.05) is 0 Å². The second-order valence-corrected chi connectivity index (χ2v) is 6.00. The minimum atomic E-state index is 0.715.